The molecule has 164 valence electrons. The highest BCUT2D eigenvalue weighted by Gasteiger charge is 2.21. The third-order valence-corrected chi connectivity index (χ3v) is 5.85. The molecule has 0 bridgehead atoms. The minimum atomic E-state index is -0.253. The maximum Gasteiger partial charge on any atom is 0.276 e. The average molecular weight is 496 g/mol. The minimum Gasteiger partial charge on any atom is -0.486 e. The number of nitrogens with one attached hydrogen (secondary N) is 1. The van der Waals surface area contributed by atoms with Crippen LogP contribution in [0.3, 0.4) is 0 Å². The van der Waals surface area contributed by atoms with Crippen LogP contribution in [0.15, 0.2) is 46.9 Å². The Bertz CT molecular complexity index is 1310. The second kappa shape index (κ2) is 8.31. The lowest BCUT2D eigenvalue weighted by atomic mass is 10.2. The zero-order valence-electron chi connectivity index (χ0n) is 17.8. The minimum absolute atomic E-state index is 0.253. The molecule has 0 saturated heterocycles. The van der Waals surface area contributed by atoms with E-state index in [0.29, 0.717) is 49.4 Å². The van der Waals surface area contributed by atoms with E-state index in [1.807, 2.05) is 54.8 Å². The molecule has 9 heteroatoms. The molecule has 0 atom stereocenters. The maximum atomic E-state index is 13.1. The van der Waals surface area contributed by atoms with Gasteiger partial charge in [-0.3, -0.25) is 14.8 Å². The van der Waals surface area contributed by atoms with Crippen molar-refractivity contribution in [2.45, 2.75) is 26.9 Å². The Labute approximate surface area is 193 Å². The first-order valence-electron chi connectivity index (χ1n) is 10.4. The fourth-order valence-corrected chi connectivity index (χ4v) is 4.09. The molecule has 3 heterocycles. The van der Waals surface area contributed by atoms with E-state index < -0.39 is 0 Å². The average Bonchev–Trinajstić information content (AvgIpc) is 3.33. The van der Waals surface area contributed by atoms with Crippen molar-refractivity contribution in [3.63, 3.8) is 0 Å². The first-order valence-corrected chi connectivity index (χ1v) is 11.2. The monoisotopic (exact) mass is 495 g/mol. The number of nitrogens with zero attached hydrogens (tertiary/aromatic N) is 4. The molecular formula is C23H22BrN5O3. The summed E-state index contributed by atoms with van der Waals surface area (Å²) in [6.45, 7) is 5.97. The van der Waals surface area contributed by atoms with Crippen molar-refractivity contribution < 1.29 is 14.3 Å². The molecule has 2 aromatic heterocycles. The molecule has 0 fully saturated rings. The second-order valence-corrected chi connectivity index (χ2v) is 8.49. The number of carbonyl (C=O) groups is 1. The molecule has 1 amide bonds. The van der Waals surface area contributed by atoms with Crippen LogP contribution in [0.2, 0.25) is 0 Å². The molecule has 4 aromatic rings. The van der Waals surface area contributed by atoms with E-state index in [4.69, 9.17) is 14.5 Å². The highest BCUT2D eigenvalue weighted by Crippen LogP contribution is 2.36. The van der Waals surface area contributed by atoms with Crippen molar-refractivity contribution in [1.29, 1.82) is 0 Å². The number of carbonyl (C=O) groups excluding carboxylic acids is 1. The number of aryl methyl sites for hydroxylation is 2. The number of ether oxygens (including phenoxy) is 2. The van der Waals surface area contributed by atoms with Gasteiger partial charge in [0.25, 0.3) is 5.91 Å². The van der Waals surface area contributed by atoms with Crippen LogP contribution < -0.4 is 14.8 Å². The highest BCUT2D eigenvalue weighted by molar-refractivity contribution is 9.10. The summed E-state index contributed by atoms with van der Waals surface area (Å²) in [4.78, 5) is 17.8. The fraction of sp³-hybridized carbons (Fsp3) is 0.261. The van der Waals surface area contributed by atoms with E-state index in [9.17, 15) is 4.79 Å². The maximum absolute atomic E-state index is 13.1. The van der Waals surface area contributed by atoms with Gasteiger partial charge in [0.2, 0.25) is 5.95 Å². The van der Waals surface area contributed by atoms with Crippen LogP contribution in [-0.4, -0.2) is 38.5 Å². The summed E-state index contributed by atoms with van der Waals surface area (Å²) >= 11 is 3.48. The molecule has 0 spiro atoms. The number of hydrogen-bond donors (Lipinski definition) is 1. The van der Waals surface area contributed by atoms with Crippen LogP contribution in [0.1, 0.15) is 28.7 Å². The SMILES string of the molecule is CCn1nc(C)cc1C(=O)Nc1nc2cc3c(cc2n1Cc1ccc(Br)cc1)OCCO3. The van der Waals surface area contributed by atoms with Crippen molar-refractivity contribution in [2.24, 2.45) is 0 Å². The lowest BCUT2D eigenvalue weighted by Gasteiger charge is -2.18. The number of rotatable bonds is 5. The van der Waals surface area contributed by atoms with Gasteiger partial charge >= 0.3 is 0 Å². The summed E-state index contributed by atoms with van der Waals surface area (Å²) in [7, 11) is 0. The van der Waals surface area contributed by atoms with Gasteiger partial charge in [-0.1, -0.05) is 28.1 Å². The van der Waals surface area contributed by atoms with Gasteiger partial charge in [0.1, 0.15) is 18.9 Å². The van der Waals surface area contributed by atoms with Crippen LogP contribution in [0.4, 0.5) is 5.95 Å². The Morgan fingerprint density at radius 1 is 1.12 bits per heavy atom. The number of aromatic nitrogens is 4. The lowest BCUT2D eigenvalue weighted by molar-refractivity contribution is 0.101. The Kier molecular flexibility index (Phi) is 5.34. The lowest BCUT2D eigenvalue weighted by Crippen LogP contribution is -2.20. The fourth-order valence-electron chi connectivity index (χ4n) is 3.82. The number of halogens is 1. The summed E-state index contributed by atoms with van der Waals surface area (Å²) in [5.74, 6) is 1.54. The number of fused-ring (bicyclic) bond motifs is 2. The van der Waals surface area contributed by atoms with Gasteiger partial charge < -0.3 is 14.0 Å². The molecule has 5 rings (SSSR count). The molecule has 2 aromatic carbocycles. The first kappa shape index (κ1) is 20.6. The summed E-state index contributed by atoms with van der Waals surface area (Å²) in [6.07, 6.45) is 0. The Hall–Kier alpha value is -3.33. The Morgan fingerprint density at radius 2 is 1.84 bits per heavy atom. The van der Waals surface area contributed by atoms with E-state index >= 15 is 0 Å². The van der Waals surface area contributed by atoms with Crippen LogP contribution in [0, 0.1) is 6.92 Å². The van der Waals surface area contributed by atoms with Gasteiger partial charge in [0.15, 0.2) is 11.5 Å². The van der Waals surface area contributed by atoms with Crippen molar-refractivity contribution in [3.8, 4) is 11.5 Å². The summed E-state index contributed by atoms with van der Waals surface area (Å²) in [6, 6.07) is 13.6. The van der Waals surface area contributed by atoms with Crippen molar-refractivity contribution in [1.82, 2.24) is 19.3 Å². The predicted octanol–water partition coefficient (Wildman–Crippen LogP) is 4.40. The number of benzene rings is 2. The van der Waals surface area contributed by atoms with E-state index in [-0.39, 0.29) is 5.91 Å². The van der Waals surface area contributed by atoms with Crippen LogP contribution in [-0.2, 0) is 13.1 Å². The molecule has 1 aliphatic rings. The molecular weight excluding hydrogens is 474 g/mol. The van der Waals surface area contributed by atoms with Crippen molar-refractivity contribution in [3.05, 3.63) is 63.9 Å². The normalized spacial score (nSPS) is 12.8. The van der Waals surface area contributed by atoms with Crippen molar-refractivity contribution in [2.75, 3.05) is 18.5 Å². The highest BCUT2D eigenvalue weighted by atomic mass is 79.9. The second-order valence-electron chi connectivity index (χ2n) is 7.57. The Balaban J connectivity index is 1.58. The zero-order chi connectivity index (χ0) is 22.2. The molecule has 1 N–H and O–H groups in total. The van der Waals surface area contributed by atoms with Crippen LogP contribution in [0.25, 0.3) is 11.0 Å². The number of imidazole rings is 1. The summed E-state index contributed by atoms with van der Waals surface area (Å²) < 4.78 is 16.2. The Morgan fingerprint density at radius 3 is 2.56 bits per heavy atom. The van der Waals surface area contributed by atoms with Gasteiger partial charge in [0, 0.05) is 23.2 Å². The molecule has 0 aliphatic carbocycles. The third kappa shape index (κ3) is 3.84. The molecule has 0 saturated carbocycles. The summed E-state index contributed by atoms with van der Waals surface area (Å²) in [5.41, 5.74) is 3.95. The molecule has 0 radical (unpaired) electrons. The molecule has 32 heavy (non-hydrogen) atoms. The summed E-state index contributed by atoms with van der Waals surface area (Å²) in [5, 5.41) is 7.36. The first-order chi connectivity index (χ1) is 15.5. The van der Waals surface area contributed by atoms with E-state index in [1.165, 1.54) is 0 Å². The standard InChI is InChI=1S/C23H22BrN5O3/c1-3-29-19(10-14(2)27-29)22(30)26-23-25-17-11-20-21(32-9-8-31-20)12-18(17)28(23)13-15-4-6-16(24)7-5-15/h4-7,10-12H,3,8-9,13H2,1-2H3,(H,25,26,30). The van der Waals surface area contributed by atoms with E-state index in [1.54, 1.807) is 10.7 Å². The van der Waals surface area contributed by atoms with Gasteiger partial charge in [-0.05, 0) is 37.6 Å². The number of anilines is 1. The third-order valence-electron chi connectivity index (χ3n) is 5.33. The zero-order valence-corrected chi connectivity index (χ0v) is 19.3. The van der Waals surface area contributed by atoms with Crippen molar-refractivity contribution >= 4 is 38.8 Å². The van der Waals surface area contributed by atoms with Gasteiger partial charge in [-0.15, -0.1) is 0 Å². The van der Waals surface area contributed by atoms with Gasteiger partial charge in [0.05, 0.1) is 23.3 Å². The topological polar surface area (TPSA) is 83.2 Å². The molecule has 8 nitrogen and oxygen atoms in total. The number of amides is 1. The smallest absolute Gasteiger partial charge is 0.276 e. The van der Waals surface area contributed by atoms with Crippen LogP contribution in [0.5, 0.6) is 11.5 Å². The predicted molar refractivity (Wildman–Crippen MR) is 125 cm³/mol. The molecule has 0 unspecified atom stereocenters. The van der Waals surface area contributed by atoms with E-state index in [2.05, 4.69) is 26.3 Å². The number of hydrogen-bond acceptors (Lipinski definition) is 5. The quantitative estimate of drug-likeness (QED) is 0.443. The largest absolute Gasteiger partial charge is 0.486 e. The van der Waals surface area contributed by atoms with Crippen LogP contribution >= 0.6 is 15.9 Å². The van der Waals surface area contributed by atoms with Gasteiger partial charge in [-0.2, -0.15) is 5.10 Å². The van der Waals surface area contributed by atoms with E-state index in [0.717, 1.165) is 26.8 Å². The van der Waals surface area contributed by atoms with Gasteiger partial charge in [-0.25, -0.2) is 4.98 Å². The molecule has 1 aliphatic heterocycles.